The first-order chi connectivity index (χ1) is 6.75. The van der Waals surface area contributed by atoms with Crippen molar-refractivity contribution in [2.45, 2.75) is 18.9 Å². The van der Waals surface area contributed by atoms with Crippen LogP contribution >= 0.6 is 0 Å². The minimum atomic E-state index is -0.436. The maximum atomic E-state index is 10.9. The molecule has 1 aromatic rings. The summed E-state index contributed by atoms with van der Waals surface area (Å²) in [7, 11) is 0. The van der Waals surface area contributed by atoms with Gasteiger partial charge in [-0.25, -0.2) is 9.89 Å². The number of piperidine rings is 1. The molecule has 76 valence electrons. The van der Waals surface area contributed by atoms with E-state index in [9.17, 15) is 9.90 Å². The topological polar surface area (TPSA) is 82.1 Å². The van der Waals surface area contributed by atoms with Crippen LogP contribution in [-0.2, 0) is 0 Å². The van der Waals surface area contributed by atoms with Crippen molar-refractivity contribution in [3.8, 4) is 0 Å². The van der Waals surface area contributed by atoms with E-state index in [-0.39, 0.29) is 6.10 Å². The van der Waals surface area contributed by atoms with Crippen LogP contribution in [0.1, 0.15) is 12.8 Å². The molecule has 1 aliphatic heterocycles. The molecular formula is C8H12N4O2. The summed E-state index contributed by atoms with van der Waals surface area (Å²) < 4.78 is 0. The van der Waals surface area contributed by atoms with E-state index in [1.54, 1.807) is 0 Å². The Labute approximate surface area is 80.6 Å². The zero-order chi connectivity index (χ0) is 9.97. The number of hydrogen-bond acceptors (Lipinski definition) is 5. The van der Waals surface area contributed by atoms with Gasteiger partial charge in [0.25, 0.3) is 0 Å². The number of aromatic amines is 1. The van der Waals surface area contributed by atoms with E-state index in [4.69, 9.17) is 0 Å². The number of nitrogens with zero attached hydrogens (tertiary/aromatic N) is 3. The molecule has 1 aromatic heterocycles. The second-order valence-corrected chi connectivity index (χ2v) is 3.36. The molecule has 2 heterocycles. The molecular weight excluding hydrogens is 184 g/mol. The SMILES string of the molecule is O=c1nc(N2CCC(O)CC2)cn[nH]1. The molecule has 0 atom stereocenters. The third-order valence-corrected chi connectivity index (χ3v) is 2.34. The predicted molar refractivity (Wildman–Crippen MR) is 50.1 cm³/mol. The molecule has 0 amide bonds. The average molecular weight is 196 g/mol. The number of aliphatic hydroxyl groups excluding tert-OH is 1. The summed E-state index contributed by atoms with van der Waals surface area (Å²) in [6.45, 7) is 1.44. The fourth-order valence-corrected chi connectivity index (χ4v) is 1.55. The lowest BCUT2D eigenvalue weighted by Crippen LogP contribution is -2.37. The molecule has 0 aliphatic carbocycles. The second-order valence-electron chi connectivity index (χ2n) is 3.36. The average Bonchev–Trinajstić information content (AvgIpc) is 2.19. The van der Waals surface area contributed by atoms with Gasteiger partial charge in [0, 0.05) is 13.1 Å². The lowest BCUT2D eigenvalue weighted by molar-refractivity contribution is 0.145. The van der Waals surface area contributed by atoms with Gasteiger partial charge in [-0.1, -0.05) is 0 Å². The third-order valence-electron chi connectivity index (χ3n) is 2.34. The van der Waals surface area contributed by atoms with Gasteiger partial charge in [0.05, 0.1) is 12.3 Å². The molecule has 0 aromatic carbocycles. The van der Waals surface area contributed by atoms with Crippen molar-refractivity contribution in [1.82, 2.24) is 15.2 Å². The number of aliphatic hydroxyl groups is 1. The van der Waals surface area contributed by atoms with Gasteiger partial charge in [0.2, 0.25) is 0 Å². The molecule has 1 aliphatic rings. The van der Waals surface area contributed by atoms with Gasteiger partial charge in [-0.15, -0.1) is 0 Å². The van der Waals surface area contributed by atoms with Crippen LogP contribution in [0.3, 0.4) is 0 Å². The Kier molecular flexibility index (Phi) is 2.45. The normalized spacial score (nSPS) is 18.5. The molecule has 2 rings (SSSR count). The van der Waals surface area contributed by atoms with E-state index in [1.807, 2.05) is 4.90 Å². The largest absolute Gasteiger partial charge is 0.393 e. The molecule has 0 unspecified atom stereocenters. The highest BCUT2D eigenvalue weighted by atomic mass is 16.3. The van der Waals surface area contributed by atoms with Gasteiger partial charge in [-0.2, -0.15) is 10.1 Å². The van der Waals surface area contributed by atoms with Crippen molar-refractivity contribution in [3.05, 3.63) is 16.7 Å². The van der Waals surface area contributed by atoms with Crippen LogP contribution in [0.5, 0.6) is 0 Å². The molecule has 6 nitrogen and oxygen atoms in total. The summed E-state index contributed by atoms with van der Waals surface area (Å²) in [6, 6.07) is 0. The Morgan fingerprint density at radius 3 is 2.86 bits per heavy atom. The Morgan fingerprint density at radius 1 is 1.50 bits per heavy atom. The maximum Gasteiger partial charge on any atom is 0.363 e. The Hall–Kier alpha value is -1.43. The first-order valence-electron chi connectivity index (χ1n) is 4.60. The van der Waals surface area contributed by atoms with Crippen molar-refractivity contribution in [2.24, 2.45) is 0 Å². The molecule has 6 heteroatoms. The standard InChI is InChI=1S/C8H12N4O2/c13-6-1-3-12(4-2-6)7-5-9-11-8(14)10-7/h5-6,13H,1-4H2,(H,10,11,14). The summed E-state index contributed by atoms with van der Waals surface area (Å²) in [5.74, 6) is 0.584. The Bertz CT molecular complexity index is 356. The van der Waals surface area contributed by atoms with E-state index < -0.39 is 5.69 Å². The van der Waals surface area contributed by atoms with Crippen molar-refractivity contribution < 1.29 is 5.11 Å². The highest BCUT2D eigenvalue weighted by molar-refractivity contribution is 5.34. The summed E-state index contributed by atoms with van der Waals surface area (Å²) >= 11 is 0. The van der Waals surface area contributed by atoms with Crippen LogP contribution < -0.4 is 10.6 Å². The van der Waals surface area contributed by atoms with Crippen LogP contribution in [-0.4, -0.2) is 39.5 Å². The Morgan fingerprint density at radius 2 is 2.21 bits per heavy atom. The fourth-order valence-electron chi connectivity index (χ4n) is 1.55. The summed E-state index contributed by atoms with van der Waals surface area (Å²) in [5.41, 5.74) is -0.436. The minimum Gasteiger partial charge on any atom is -0.393 e. The van der Waals surface area contributed by atoms with Gasteiger partial charge < -0.3 is 10.0 Å². The van der Waals surface area contributed by atoms with Crippen LogP contribution in [0.25, 0.3) is 0 Å². The van der Waals surface area contributed by atoms with Crippen molar-refractivity contribution in [2.75, 3.05) is 18.0 Å². The molecule has 14 heavy (non-hydrogen) atoms. The van der Waals surface area contributed by atoms with E-state index in [0.29, 0.717) is 18.7 Å². The first kappa shape index (κ1) is 9.14. The molecule has 2 N–H and O–H groups in total. The molecule has 1 fully saturated rings. The second kappa shape index (κ2) is 3.75. The number of rotatable bonds is 1. The number of nitrogens with one attached hydrogen (secondary N) is 1. The Balaban J connectivity index is 2.12. The third kappa shape index (κ3) is 1.90. The number of aromatic nitrogens is 3. The molecule has 0 saturated carbocycles. The minimum absolute atomic E-state index is 0.221. The number of hydrogen-bond donors (Lipinski definition) is 2. The summed E-state index contributed by atoms with van der Waals surface area (Å²) in [4.78, 5) is 16.6. The van der Waals surface area contributed by atoms with Gasteiger partial charge in [-0.3, -0.25) is 0 Å². The zero-order valence-electron chi connectivity index (χ0n) is 7.68. The lowest BCUT2D eigenvalue weighted by Gasteiger charge is -2.29. The number of H-pyrrole nitrogens is 1. The van der Waals surface area contributed by atoms with Crippen molar-refractivity contribution in [3.63, 3.8) is 0 Å². The van der Waals surface area contributed by atoms with Crippen LogP contribution in [0.2, 0.25) is 0 Å². The van der Waals surface area contributed by atoms with E-state index >= 15 is 0 Å². The van der Waals surface area contributed by atoms with E-state index in [0.717, 1.165) is 13.1 Å². The smallest absolute Gasteiger partial charge is 0.363 e. The number of anilines is 1. The van der Waals surface area contributed by atoms with Gasteiger partial charge >= 0.3 is 5.69 Å². The predicted octanol–water partition coefficient (Wildman–Crippen LogP) is -0.874. The van der Waals surface area contributed by atoms with Crippen LogP contribution in [0.4, 0.5) is 5.82 Å². The highest BCUT2D eigenvalue weighted by Gasteiger charge is 2.18. The summed E-state index contributed by atoms with van der Waals surface area (Å²) in [6.07, 6.45) is 2.74. The lowest BCUT2D eigenvalue weighted by atomic mass is 10.1. The monoisotopic (exact) mass is 196 g/mol. The van der Waals surface area contributed by atoms with E-state index in [2.05, 4.69) is 15.2 Å². The molecule has 0 spiro atoms. The van der Waals surface area contributed by atoms with Gasteiger partial charge in [-0.05, 0) is 12.8 Å². The first-order valence-corrected chi connectivity index (χ1v) is 4.60. The summed E-state index contributed by atoms with van der Waals surface area (Å²) in [5, 5.41) is 15.2. The van der Waals surface area contributed by atoms with Crippen LogP contribution in [0, 0.1) is 0 Å². The maximum absolute atomic E-state index is 10.9. The quantitative estimate of drug-likeness (QED) is 0.610. The molecule has 1 saturated heterocycles. The van der Waals surface area contributed by atoms with Gasteiger partial charge in [0.15, 0.2) is 5.82 Å². The fraction of sp³-hybridized carbons (Fsp3) is 0.625. The van der Waals surface area contributed by atoms with Crippen LogP contribution in [0.15, 0.2) is 11.0 Å². The van der Waals surface area contributed by atoms with Crippen molar-refractivity contribution >= 4 is 5.82 Å². The highest BCUT2D eigenvalue weighted by Crippen LogP contribution is 2.15. The molecule has 0 bridgehead atoms. The van der Waals surface area contributed by atoms with Gasteiger partial charge in [0.1, 0.15) is 0 Å². The van der Waals surface area contributed by atoms with Crippen molar-refractivity contribution in [1.29, 1.82) is 0 Å². The van der Waals surface area contributed by atoms with E-state index in [1.165, 1.54) is 6.20 Å². The molecule has 0 radical (unpaired) electrons. The zero-order valence-corrected chi connectivity index (χ0v) is 7.68.